The van der Waals surface area contributed by atoms with Gasteiger partial charge in [0.05, 0.1) is 23.4 Å². The van der Waals surface area contributed by atoms with Crippen LogP contribution in [0, 0.1) is 0 Å². The zero-order valence-corrected chi connectivity index (χ0v) is 17.8. The van der Waals surface area contributed by atoms with Crippen molar-refractivity contribution in [2.45, 2.75) is 11.7 Å². The van der Waals surface area contributed by atoms with Crippen LogP contribution in [-0.2, 0) is 11.3 Å². The highest BCUT2D eigenvalue weighted by atomic mass is 79.9. The molecular weight excluding hydrogens is 460 g/mol. The summed E-state index contributed by atoms with van der Waals surface area (Å²) in [6, 6.07) is 15.2. The SMILES string of the molecule is O=C(CSc1nnc(-c2cccs2)n1Cc1ccco1)Nc1cccc(Br)c1. The highest BCUT2D eigenvalue weighted by Gasteiger charge is 2.17. The van der Waals surface area contributed by atoms with Crippen LogP contribution in [-0.4, -0.2) is 26.4 Å². The van der Waals surface area contributed by atoms with E-state index in [1.807, 2.05) is 58.5 Å². The molecule has 0 bridgehead atoms. The average Bonchev–Trinajstić information content (AvgIpc) is 3.43. The van der Waals surface area contributed by atoms with Crippen LogP contribution in [0.15, 0.2) is 74.2 Å². The molecule has 4 rings (SSSR count). The van der Waals surface area contributed by atoms with Gasteiger partial charge in [-0.2, -0.15) is 0 Å². The van der Waals surface area contributed by atoms with Gasteiger partial charge in [-0.3, -0.25) is 9.36 Å². The summed E-state index contributed by atoms with van der Waals surface area (Å²) in [5.41, 5.74) is 0.747. The van der Waals surface area contributed by atoms with Crippen molar-refractivity contribution in [3.8, 4) is 10.7 Å². The lowest BCUT2D eigenvalue weighted by Gasteiger charge is -2.08. The number of amides is 1. The standard InChI is InChI=1S/C19H15BrN4O2S2/c20-13-4-1-5-14(10-13)21-17(25)12-28-19-23-22-18(16-7-3-9-27-16)24(19)11-15-6-2-8-26-15/h1-10H,11-12H2,(H,21,25). The average molecular weight is 475 g/mol. The topological polar surface area (TPSA) is 73.0 Å². The number of nitrogens with one attached hydrogen (secondary N) is 1. The summed E-state index contributed by atoms with van der Waals surface area (Å²) in [5.74, 6) is 1.69. The summed E-state index contributed by atoms with van der Waals surface area (Å²) < 4.78 is 8.37. The highest BCUT2D eigenvalue weighted by molar-refractivity contribution is 9.10. The smallest absolute Gasteiger partial charge is 0.234 e. The number of nitrogens with zero attached hydrogens (tertiary/aromatic N) is 3. The Balaban J connectivity index is 1.50. The van der Waals surface area contributed by atoms with Crippen molar-refractivity contribution < 1.29 is 9.21 Å². The van der Waals surface area contributed by atoms with Crippen molar-refractivity contribution in [2.75, 3.05) is 11.1 Å². The number of benzene rings is 1. The van der Waals surface area contributed by atoms with Gasteiger partial charge in [0.1, 0.15) is 5.76 Å². The van der Waals surface area contributed by atoms with Crippen LogP contribution in [0.3, 0.4) is 0 Å². The second kappa shape index (κ2) is 8.76. The van der Waals surface area contributed by atoms with Crippen LogP contribution in [0.25, 0.3) is 10.7 Å². The quantitative estimate of drug-likeness (QED) is 0.375. The zero-order valence-electron chi connectivity index (χ0n) is 14.5. The second-order valence-electron chi connectivity index (χ2n) is 5.80. The number of hydrogen-bond acceptors (Lipinski definition) is 6. The molecule has 0 aliphatic carbocycles. The molecule has 3 aromatic heterocycles. The predicted octanol–water partition coefficient (Wildman–Crippen LogP) is 5.14. The molecule has 0 spiro atoms. The Morgan fingerprint density at radius 1 is 1.21 bits per heavy atom. The van der Waals surface area contributed by atoms with Crippen molar-refractivity contribution in [2.24, 2.45) is 0 Å². The number of carbonyl (C=O) groups excluding carboxylic acids is 1. The summed E-state index contributed by atoms with van der Waals surface area (Å²) >= 11 is 6.34. The maximum absolute atomic E-state index is 12.3. The Bertz CT molecular complexity index is 1060. The fourth-order valence-corrected chi connectivity index (χ4v) is 4.43. The van der Waals surface area contributed by atoms with E-state index < -0.39 is 0 Å². The second-order valence-corrected chi connectivity index (χ2v) is 8.60. The van der Waals surface area contributed by atoms with Crippen molar-refractivity contribution >= 4 is 50.6 Å². The number of aromatic nitrogens is 3. The molecule has 28 heavy (non-hydrogen) atoms. The summed E-state index contributed by atoms with van der Waals surface area (Å²) in [4.78, 5) is 13.4. The minimum absolute atomic E-state index is 0.103. The molecule has 0 aliphatic heterocycles. The van der Waals surface area contributed by atoms with E-state index in [9.17, 15) is 4.79 Å². The first-order chi connectivity index (χ1) is 13.7. The molecule has 0 fully saturated rings. The van der Waals surface area contributed by atoms with Crippen LogP contribution in [0.1, 0.15) is 5.76 Å². The lowest BCUT2D eigenvalue weighted by molar-refractivity contribution is -0.113. The van der Waals surface area contributed by atoms with Gasteiger partial charge < -0.3 is 9.73 Å². The van der Waals surface area contributed by atoms with Crippen LogP contribution < -0.4 is 5.32 Å². The van der Waals surface area contributed by atoms with Crippen molar-refractivity contribution in [3.05, 3.63) is 70.4 Å². The monoisotopic (exact) mass is 474 g/mol. The van der Waals surface area contributed by atoms with Gasteiger partial charge >= 0.3 is 0 Å². The molecule has 6 nitrogen and oxygen atoms in total. The zero-order chi connectivity index (χ0) is 19.3. The van der Waals surface area contributed by atoms with E-state index in [0.29, 0.717) is 11.7 Å². The molecule has 9 heteroatoms. The minimum Gasteiger partial charge on any atom is -0.467 e. The summed E-state index contributed by atoms with van der Waals surface area (Å²) in [6.45, 7) is 0.503. The molecule has 0 radical (unpaired) electrons. The van der Waals surface area contributed by atoms with Crippen LogP contribution >= 0.6 is 39.0 Å². The molecule has 1 N–H and O–H groups in total. The van der Waals surface area contributed by atoms with Gasteiger partial charge in [-0.1, -0.05) is 39.8 Å². The minimum atomic E-state index is -0.103. The maximum Gasteiger partial charge on any atom is 0.234 e. The number of anilines is 1. The molecule has 4 aromatic rings. The van der Waals surface area contributed by atoms with Gasteiger partial charge in [0.2, 0.25) is 5.91 Å². The van der Waals surface area contributed by atoms with Gasteiger partial charge in [0, 0.05) is 10.2 Å². The number of thiophene rings is 1. The summed E-state index contributed by atoms with van der Waals surface area (Å²) in [5, 5.41) is 14.2. The highest BCUT2D eigenvalue weighted by Crippen LogP contribution is 2.28. The van der Waals surface area contributed by atoms with E-state index >= 15 is 0 Å². The number of halogens is 1. The summed E-state index contributed by atoms with van der Waals surface area (Å²) in [7, 11) is 0. The third kappa shape index (κ3) is 4.54. The molecule has 0 unspecified atom stereocenters. The predicted molar refractivity (Wildman–Crippen MR) is 115 cm³/mol. The Morgan fingerprint density at radius 2 is 2.14 bits per heavy atom. The number of rotatable bonds is 7. The first-order valence-corrected chi connectivity index (χ1v) is 11.0. The van der Waals surface area contributed by atoms with Gasteiger partial charge in [0.25, 0.3) is 0 Å². The molecule has 3 heterocycles. The van der Waals surface area contributed by atoms with Crippen LogP contribution in [0.2, 0.25) is 0 Å². The molecule has 1 aromatic carbocycles. The Morgan fingerprint density at radius 3 is 2.89 bits per heavy atom. The third-order valence-corrected chi connectivity index (χ3v) is 6.12. The molecule has 0 aliphatic rings. The van der Waals surface area contributed by atoms with Crippen molar-refractivity contribution in [3.63, 3.8) is 0 Å². The lowest BCUT2D eigenvalue weighted by Crippen LogP contribution is -2.14. The fourth-order valence-electron chi connectivity index (χ4n) is 2.58. The number of carbonyl (C=O) groups is 1. The first kappa shape index (κ1) is 19.0. The first-order valence-electron chi connectivity index (χ1n) is 8.37. The van der Waals surface area contributed by atoms with Gasteiger partial charge in [-0.25, -0.2) is 0 Å². The fraction of sp³-hybridized carbons (Fsp3) is 0.105. The summed E-state index contributed by atoms with van der Waals surface area (Å²) in [6.07, 6.45) is 1.64. The van der Waals surface area contributed by atoms with E-state index in [0.717, 1.165) is 26.6 Å². The van der Waals surface area contributed by atoms with Gasteiger partial charge in [-0.05, 0) is 41.8 Å². The van der Waals surface area contributed by atoms with Crippen molar-refractivity contribution in [1.82, 2.24) is 14.8 Å². The Kier molecular flexibility index (Phi) is 5.94. The van der Waals surface area contributed by atoms with E-state index in [1.165, 1.54) is 11.8 Å². The Hall–Kier alpha value is -2.36. The number of hydrogen-bond donors (Lipinski definition) is 1. The molecule has 0 saturated carbocycles. The third-order valence-electron chi connectivity index (χ3n) is 3.79. The lowest BCUT2D eigenvalue weighted by atomic mass is 10.3. The van der Waals surface area contributed by atoms with E-state index in [4.69, 9.17) is 4.42 Å². The van der Waals surface area contributed by atoms with Crippen LogP contribution in [0.4, 0.5) is 5.69 Å². The maximum atomic E-state index is 12.3. The van der Waals surface area contributed by atoms with Crippen molar-refractivity contribution in [1.29, 1.82) is 0 Å². The van der Waals surface area contributed by atoms with E-state index in [-0.39, 0.29) is 11.7 Å². The number of furan rings is 1. The molecule has 0 saturated heterocycles. The van der Waals surface area contributed by atoms with Gasteiger partial charge in [0.15, 0.2) is 11.0 Å². The largest absolute Gasteiger partial charge is 0.467 e. The molecule has 1 amide bonds. The van der Waals surface area contributed by atoms with Crippen LogP contribution in [0.5, 0.6) is 0 Å². The molecule has 0 atom stereocenters. The molecule has 142 valence electrons. The normalized spacial score (nSPS) is 10.9. The van der Waals surface area contributed by atoms with Gasteiger partial charge in [-0.15, -0.1) is 21.5 Å². The van der Waals surface area contributed by atoms with E-state index in [1.54, 1.807) is 17.6 Å². The van der Waals surface area contributed by atoms with E-state index in [2.05, 4.69) is 31.4 Å². The Labute approximate surface area is 178 Å². The molecular formula is C19H15BrN4O2S2. The number of thioether (sulfide) groups is 1.